The highest BCUT2D eigenvalue weighted by atomic mass is 16.2. The summed E-state index contributed by atoms with van der Waals surface area (Å²) in [5.74, 6) is 0.139. The van der Waals surface area contributed by atoms with Gasteiger partial charge in [-0.2, -0.15) is 0 Å². The molecule has 0 aromatic heterocycles. The lowest BCUT2D eigenvalue weighted by molar-refractivity contribution is 0.0773. The quantitative estimate of drug-likeness (QED) is 0.838. The molecule has 0 aliphatic carbocycles. The fraction of sp³-hybridized carbons (Fsp3) is 0.462. The smallest absolute Gasteiger partial charge is 0.253 e. The van der Waals surface area contributed by atoms with Gasteiger partial charge >= 0.3 is 0 Å². The second-order valence-electron chi connectivity index (χ2n) is 4.06. The van der Waals surface area contributed by atoms with Crippen LogP contribution in [0.4, 0.5) is 0 Å². The largest absolute Gasteiger partial charge is 0.339 e. The van der Waals surface area contributed by atoms with E-state index in [1.807, 2.05) is 30.9 Å². The molecule has 1 heterocycles. The van der Waals surface area contributed by atoms with E-state index in [1.54, 1.807) is 0 Å². The van der Waals surface area contributed by atoms with Crippen LogP contribution >= 0.6 is 0 Å². The predicted molar refractivity (Wildman–Crippen MR) is 64.2 cm³/mol. The molecule has 86 valence electrons. The average Bonchev–Trinajstić information content (AvgIpc) is 2.77. The van der Waals surface area contributed by atoms with Gasteiger partial charge in [0.25, 0.3) is 5.91 Å². The van der Waals surface area contributed by atoms with E-state index in [1.165, 1.54) is 11.1 Å². The Bertz CT molecular complexity index is 397. The number of benzene rings is 1. The zero-order valence-electron chi connectivity index (χ0n) is 9.92. The lowest BCUT2D eigenvalue weighted by Crippen LogP contribution is -2.30. The van der Waals surface area contributed by atoms with Crippen molar-refractivity contribution in [3.63, 3.8) is 0 Å². The molecule has 1 amide bonds. The molecule has 1 aromatic carbocycles. The Balaban J connectivity index is 2.24. The molecule has 2 rings (SSSR count). The molecule has 3 heteroatoms. The highest BCUT2D eigenvalue weighted by Gasteiger charge is 2.16. The first kappa shape index (κ1) is 11.1. The highest BCUT2D eigenvalue weighted by molar-refractivity contribution is 5.94. The second-order valence-corrected chi connectivity index (χ2v) is 4.06. The van der Waals surface area contributed by atoms with Crippen molar-refractivity contribution in [3.8, 4) is 0 Å². The fourth-order valence-corrected chi connectivity index (χ4v) is 2.12. The zero-order chi connectivity index (χ0) is 11.5. The number of nitrogens with one attached hydrogen (secondary N) is 1. The minimum atomic E-state index is 0.139. The number of carbonyl (C=O) groups is 1. The van der Waals surface area contributed by atoms with Crippen LogP contribution in [0.15, 0.2) is 18.2 Å². The van der Waals surface area contributed by atoms with Gasteiger partial charge in [-0.3, -0.25) is 4.79 Å². The molecule has 1 aliphatic heterocycles. The number of rotatable bonds is 3. The van der Waals surface area contributed by atoms with Crippen molar-refractivity contribution < 1.29 is 4.79 Å². The lowest BCUT2D eigenvalue weighted by Gasteiger charge is -2.18. The molecule has 0 atom stereocenters. The molecule has 0 unspecified atom stereocenters. The molecule has 1 N–H and O–H groups in total. The molecular formula is C13H18N2O. The van der Waals surface area contributed by atoms with Gasteiger partial charge in [0.1, 0.15) is 0 Å². The normalized spacial score (nSPS) is 13.6. The Morgan fingerprint density at radius 3 is 2.62 bits per heavy atom. The third-order valence-electron chi connectivity index (χ3n) is 3.13. The molecule has 0 radical (unpaired) electrons. The topological polar surface area (TPSA) is 32.3 Å². The van der Waals surface area contributed by atoms with Crippen molar-refractivity contribution in [2.24, 2.45) is 0 Å². The van der Waals surface area contributed by atoms with Crippen molar-refractivity contribution >= 4 is 5.91 Å². The van der Waals surface area contributed by atoms with Crippen LogP contribution in [0, 0.1) is 0 Å². The van der Waals surface area contributed by atoms with E-state index >= 15 is 0 Å². The van der Waals surface area contributed by atoms with E-state index in [-0.39, 0.29) is 5.91 Å². The van der Waals surface area contributed by atoms with Crippen molar-refractivity contribution in [1.29, 1.82) is 0 Å². The summed E-state index contributed by atoms with van der Waals surface area (Å²) in [4.78, 5) is 14.0. The van der Waals surface area contributed by atoms with E-state index in [9.17, 15) is 4.79 Å². The van der Waals surface area contributed by atoms with Crippen molar-refractivity contribution in [2.75, 3.05) is 13.1 Å². The van der Waals surface area contributed by atoms with Crippen LogP contribution in [0.1, 0.15) is 35.3 Å². The Kier molecular flexibility index (Phi) is 3.25. The van der Waals surface area contributed by atoms with E-state index in [2.05, 4.69) is 11.4 Å². The first-order valence-corrected chi connectivity index (χ1v) is 5.88. The van der Waals surface area contributed by atoms with Gasteiger partial charge in [0.15, 0.2) is 0 Å². The van der Waals surface area contributed by atoms with Gasteiger partial charge in [0.05, 0.1) is 0 Å². The first-order valence-electron chi connectivity index (χ1n) is 5.88. The third-order valence-corrected chi connectivity index (χ3v) is 3.13. The van der Waals surface area contributed by atoms with Crippen molar-refractivity contribution in [2.45, 2.75) is 26.9 Å². The Hall–Kier alpha value is -1.35. The zero-order valence-corrected chi connectivity index (χ0v) is 9.92. The Morgan fingerprint density at radius 1 is 1.25 bits per heavy atom. The number of nitrogens with zero attached hydrogens (tertiary/aromatic N) is 1. The summed E-state index contributed by atoms with van der Waals surface area (Å²) in [6, 6.07) is 6.02. The number of fused-ring (bicyclic) bond motifs is 1. The van der Waals surface area contributed by atoms with Crippen LogP contribution in [-0.4, -0.2) is 23.9 Å². The minimum absolute atomic E-state index is 0.139. The fourth-order valence-electron chi connectivity index (χ4n) is 2.12. The maximum absolute atomic E-state index is 12.1. The van der Waals surface area contributed by atoms with Crippen molar-refractivity contribution in [3.05, 3.63) is 34.9 Å². The van der Waals surface area contributed by atoms with Gasteiger partial charge in [-0.1, -0.05) is 6.07 Å². The van der Waals surface area contributed by atoms with E-state index in [4.69, 9.17) is 0 Å². The summed E-state index contributed by atoms with van der Waals surface area (Å²) >= 11 is 0. The SMILES string of the molecule is CCN(CC)C(=O)c1ccc2c(c1)CNC2. The molecule has 0 saturated carbocycles. The van der Waals surface area contributed by atoms with E-state index < -0.39 is 0 Å². The minimum Gasteiger partial charge on any atom is -0.339 e. The van der Waals surface area contributed by atoms with Crippen LogP contribution < -0.4 is 5.32 Å². The maximum atomic E-state index is 12.1. The number of amides is 1. The molecule has 3 nitrogen and oxygen atoms in total. The Morgan fingerprint density at radius 2 is 1.94 bits per heavy atom. The second kappa shape index (κ2) is 4.66. The molecule has 1 aliphatic rings. The third kappa shape index (κ3) is 1.95. The summed E-state index contributed by atoms with van der Waals surface area (Å²) in [6.45, 7) is 7.37. The molecule has 0 spiro atoms. The summed E-state index contributed by atoms with van der Waals surface area (Å²) in [5.41, 5.74) is 3.39. The van der Waals surface area contributed by atoms with Crippen LogP contribution in [0.25, 0.3) is 0 Å². The number of carbonyl (C=O) groups excluding carboxylic acids is 1. The molecule has 0 saturated heterocycles. The van der Waals surface area contributed by atoms with E-state index in [0.29, 0.717) is 0 Å². The van der Waals surface area contributed by atoms with Crippen LogP contribution in [0.2, 0.25) is 0 Å². The van der Waals surface area contributed by atoms with Crippen LogP contribution in [0.3, 0.4) is 0 Å². The summed E-state index contributed by atoms with van der Waals surface area (Å²) in [5, 5.41) is 3.29. The molecule has 16 heavy (non-hydrogen) atoms. The van der Waals surface area contributed by atoms with Gasteiger partial charge in [-0.05, 0) is 37.1 Å². The number of hydrogen-bond donors (Lipinski definition) is 1. The van der Waals surface area contributed by atoms with Gasteiger partial charge in [-0.25, -0.2) is 0 Å². The van der Waals surface area contributed by atoms with Crippen LogP contribution in [-0.2, 0) is 13.1 Å². The van der Waals surface area contributed by atoms with Gasteiger partial charge in [0.2, 0.25) is 0 Å². The molecular weight excluding hydrogens is 200 g/mol. The van der Waals surface area contributed by atoms with Gasteiger partial charge < -0.3 is 10.2 Å². The summed E-state index contributed by atoms with van der Waals surface area (Å²) in [7, 11) is 0. The van der Waals surface area contributed by atoms with Crippen molar-refractivity contribution in [1.82, 2.24) is 10.2 Å². The Labute approximate surface area is 96.5 Å². The molecule has 0 bridgehead atoms. The summed E-state index contributed by atoms with van der Waals surface area (Å²) < 4.78 is 0. The predicted octanol–water partition coefficient (Wildman–Crippen LogP) is 1.77. The average molecular weight is 218 g/mol. The lowest BCUT2D eigenvalue weighted by atomic mass is 10.1. The van der Waals surface area contributed by atoms with E-state index in [0.717, 1.165) is 31.7 Å². The van der Waals surface area contributed by atoms with Gasteiger partial charge in [-0.15, -0.1) is 0 Å². The first-order chi connectivity index (χ1) is 7.76. The van der Waals surface area contributed by atoms with Gasteiger partial charge in [0, 0.05) is 31.7 Å². The highest BCUT2D eigenvalue weighted by Crippen LogP contribution is 2.18. The monoisotopic (exact) mass is 218 g/mol. The molecule has 1 aromatic rings. The number of hydrogen-bond acceptors (Lipinski definition) is 2. The maximum Gasteiger partial charge on any atom is 0.253 e. The molecule has 0 fully saturated rings. The standard InChI is InChI=1S/C13H18N2O/c1-3-15(4-2)13(16)10-5-6-11-8-14-9-12(11)7-10/h5-7,14H,3-4,8-9H2,1-2H3. The van der Waals surface area contributed by atoms with Crippen LogP contribution in [0.5, 0.6) is 0 Å². The summed E-state index contributed by atoms with van der Waals surface area (Å²) in [6.07, 6.45) is 0.